The maximum Gasteiger partial charge on any atom is 0.358 e. The van der Waals surface area contributed by atoms with E-state index >= 15 is 0 Å². The molecule has 14 heteroatoms. The Balaban J connectivity index is 2.03. The summed E-state index contributed by atoms with van der Waals surface area (Å²) in [5.74, 6) is -3.35. The molecule has 0 radical (unpaired) electrons. The number of nitrogens with zero attached hydrogens (tertiary/aromatic N) is 2. The summed E-state index contributed by atoms with van der Waals surface area (Å²) in [6.45, 7) is 9.05. The monoisotopic (exact) mass is 622 g/mol. The molecule has 2 aromatic rings. The molecule has 2 aromatic heterocycles. The number of aliphatic hydroxyl groups excluding tert-OH is 1. The fourth-order valence-electron chi connectivity index (χ4n) is 3.75. The highest BCUT2D eigenvalue weighted by Gasteiger charge is 2.41. The number of halogens is 2. The highest BCUT2D eigenvalue weighted by Crippen LogP contribution is 2.36. The van der Waals surface area contributed by atoms with Crippen molar-refractivity contribution in [2.45, 2.75) is 94.7 Å². The average Bonchev–Trinajstić information content (AvgIpc) is 3.48. The number of hydrogen-bond acceptors (Lipinski definition) is 12. The molecule has 0 fully saturated rings. The van der Waals surface area contributed by atoms with Gasteiger partial charge in [-0.2, -0.15) is 0 Å². The Bertz CT molecular complexity index is 1200. The van der Waals surface area contributed by atoms with Crippen molar-refractivity contribution in [1.29, 1.82) is 0 Å². The van der Waals surface area contributed by atoms with Crippen LogP contribution >= 0.6 is 45.9 Å². The smallest absolute Gasteiger partial charge is 0.358 e. The lowest BCUT2D eigenvalue weighted by atomic mass is 9.97. The molecule has 0 unspecified atom stereocenters. The zero-order valence-electron chi connectivity index (χ0n) is 22.4. The van der Waals surface area contributed by atoms with Gasteiger partial charge in [0, 0.05) is 10.8 Å². The zero-order valence-corrected chi connectivity index (χ0v) is 25.5. The van der Waals surface area contributed by atoms with E-state index in [1.165, 1.54) is 38.5 Å². The second kappa shape index (κ2) is 12.0. The first-order valence-electron chi connectivity index (χ1n) is 12.2. The highest BCUT2D eigenvalue weighted by molar-refractivity contribution is 7.10. The van der Waals surface area contributed by atoms with Crippen molar-refractivity contribution in [1.82, 2.24) is 9.97 Å². The Labute approximate surface area is 244 Å². The lowest BCUT2D eigenvalue weighted by Gasteiger charge is -2.30. The first kappa shape index (κ1) is 31.7. The van der Waals surface area contributed by atoms with E-state index in [1.54, 1.807) is 13.8 Å². The van der Waals surface area contributed by atoms with Crippen LogP contribution in [0.1, 0.15) is 104 Å². The Morgan fingerprint density at radius 1 is 1.00 bits per heavy atom. The quantitative estimate of drug-likeness (QED) is 0.260. The number of alkyl halides is 2. The van der Waals surface area contributed by atoms with Gasteiger partial charge in [0.2, 0.25) is 0 Å². The van der Waals surface area contributed by atoms with Crippen LogP contribution in [0.3, 0.4) is 0 Å². The molecule has 0 saturated heterocycles. The Kier molecular flexibility index (Phi) is 9.72. The normalized spacial score (nSPS) is 24.9. The lowest BCUT2D eigenvalue weighted by Crippen LogP contribution is -2.37. The highest BCUT2D eigenvalue weighted by atomic mass is 35.5. The molecule has 0 saturated carbocycles. The van der Waals surface area contributed by atoms with Gasteiger partial charge in [0.1, 0.15) is 37.8 Å². The van der Waals surface area contributed by atoms with E-state index in [0.717, 1.165) is 22.7 Å². The van der Waals surface area contributed by atoms with Crippen molar-refractivity contribution < 1.29 is 38.8 Å². The number of ether oxygens (including phenoxy) is 3. The van der Waals surface area contributed by atoms with Crippen LogP contribution in [-0.4, -0.2) is 59.7 Å². The number of aliphatic hydroxyl groups is 2. The maximum atomic E-state index is 13.3. The van der Waals surface area contributed by atoms with Crippen molar-refractivity contribution in [2.24, 2.45) is 5.92 Å². The van der Waals surface area contributed by atoms with E-state index in [1.807, 2.05) is 0 Å². The van der Waals surface area contributed by atoms with Gasteiger partial charge >= 0.3 is 17.9 Å². The van der Waals surface area contributed by atoms with Crippen molar-refractivity contribution in [3.05, 3.63) is 32.2 Å². The Hall–Kier alpha value is -1.83. The van der Waals surface area contributed by atoms with Crippen molar-refractivity contribution >= 4 is 63.8 Å². The number of aromatic nitrogens is 2. The largest absolute Gasteiger partial charge is 0.457 e. The van der Waals surface area contributed by atoms with Crippen LogP contribution in [0.5, 0.6) is 0 Å². The van der Waals surface area contributed by atoms with Crippen molar-refractivity contribution in [2.75, 3.05) is 0 Å². The van der Waals surface area contributed by atoms with Crippen LogP contribution in [0, 0.1) is 5.92 Å². The zero-order chi connectivity index (χ0) is 29.3. The SMILES string of the molecule is C[C@@H]1C(=O)O[C@@H](C(C)(C)O)c2nc(cs2)C(=O)OC(C)(C)[C@H](O)c2nc(cs2)C(=O)O[C@@H]1CCCC(C)(Cl)Cl. The van der Waals surface area contributed by atoms with Gasteiger partial charge in [-0.1, -0.05) is 0 Å². The van der Waals surface area contributed by atoms with E-state index in [4.69, 9.17) is 37.4 Å². The number of hydrogen-bond donors (Lipinski definition) is 2. The van der Waals surface area contributed by atoms with Crippen LogP contribution in [0.4, 0.5) is 0 Å². The second-order valence-corrected chi connectivity index (χ2v) is 14.3. The van der Waals surface area contributed by atoms with Gasteiger partial charge in [0.05, 0.1) is 5.92 Å². The third-order valence-corrected chi connectivity index (χ3v) is 8.27. The van der Waals surface area contributed by atoms with Gasteiger partial charge in [0.15, 0.2) is 17.5 Å². The minimum absolute atomic E-state index is 0.0799. The second-order valence-electron chi connectivity index (χ2n) is 10.7. The van der Waals surface area contributed by atoms with Gasteiger partial charge in [-0.05, 0) is 60.8 Å². The van der Waals surface area contributed by atoms with Gasteiger partial charge in [-0.15, -0.1) is 45.9 Å². The maximum absolute atomic E-state index is 13.3. The predicted octanol–water partition coefficient (Wildman–Crippen LogP) is 5.16. The topological polar surface area (TPSA) is 145 Å². The number of rotatable bonds is 5. The number of cyclic esters (lactones) is 3. The summed E-state index contributed by atoms with van der Waals surface area (Å²) in [7, 11) is 0. The van der Waals surface area contributed by atoms with Crippen LogP contribution in [-0.2, 0) is 19.0 Å². The van der Waals surface area contributed by atoms with E-state index in [0.29, 0.717) is 12.8 Å². The van der Waals surface area contributed by atoms with Crippen molar-refractivity contribution in [3.8, 4) is 0 Å². The molecule has 1 aliphatic rings. The minimum Gasteiger partial charge on any atom is -0.457 e. The molecular formula is C25H32Cl2N2O8S2. The summed E-state index contributed by atoms with van der Waals surface area (Å²) in [6, 6.07) is 0. The fraction of sp³-hybridized carbons (Fsp3) is 0.640. The molecule has 10 nitrogen and oxygen atoms in total. The summed E-state index contributed by atoms with van der Waals surface area (Å²) in [5.41, 5.74) is -3.18. The first-order chi connectivity index (χ1) is 17.9. The summed E-state index contributed by atoms with van der Waals surface area (Å²) in [5, 5.41) is 24.9. The number of esters is 3. The van der Waals surface area contributed by atoms with Crippen LogP contribution in [0.25, 0.3) is 0 Å². The number of carbonyl (C=O) groups excluding carboxylic acids is 3. The number of thiazole rings is 2. The molecule has 216 valence electrons. The molecule has 2 N–H and O–H groups in total. The van der Waals surface area contributed by atoms with Crippen LogP contribution in [0.15, 0.2) is 10.8 Å². The van der Waals surface area contributed by atoms with E-state index in [2.05, 4.69) is 9.97 Å². The molecule has 0 aliphatic carbocycles. The molecule has 4 atom stereocenters. The van der Waals surface area contributed by atoms with Crippen molar-refractivity contribution in [3.63, 3.8) is 0 Å². The fourth-order valence-corrected chi connectivity index (χ4v) is 5.95. The standard InChI is InChI=1S/C25H32Cl2N2O8S2/c1-12-15(8-7-9-25(6,26)27)35-21(32)13-10-38-18(28-13)16(30)24(4,5)37-22(33)14-11-39-19(29-14)17(23(2,3)34)36-20(12)31/h10-12,15-17,30,34H,7-9H2,1-6H3/t12-,15+,16+,17+/m0/s1. The molecule has 1 aliphatic heterocycles. The van der Waals surface area contributed by atoms with E-state index in [-0.39, 0.29) is 27.8 Å². The van der Waals surface area contributed by atoms with Crippen LogP contribution < -0.4 is 0 Å². The third-order valence-electron chi connectivity index (χ3n) is 6.10. The van der Waals surface area contributed by atoms with E-state index < -0.39 is 57.7 Å². The average molecular weight is 624 g/mol. The van der Waals surface area contributed by atoms with Gasteiger partial charge in [0.25, 0.3) is 0 Å². The van der Waals surface area contributed by atoms with Gasteiger partial charge in [-0.3, -0.25) is 4.79 Å². The summed E-state index contributed by atoms with van der Waals surface area (Å²) in [6.07, 6.45) is -2.51. The predicted molar refractivity (Wildman–Crippen MR) is 146 cm³/mol. The summed E-state index contributed by atoms with van der Waals surface area (Å²) in [4.78, 5) is 47.7. The molecule has 0 spiro atoms. The first-order valence-corrected chi connectivity index (χ1v) is 14.7. The van der Waals surface area contributed by atoms with Gasteiger partial charge in [-0.25, -0.2) is 19.6 Å². The molecule has 39 heavy (non-hydrogen) atoms. The molecule has 3 rings (SSSR count). The summed E-state index contributed by atoms with van der Waals surface area (Å²) < 4.78 is 15.9. The Morgan fingerprint density at radius 3 is 2.15 bits per heavy atom. The number of carbonyl (C=O) groups is 3. The minimum atomic E-state index is -1.57. The van der Waals surface area contributed by atoms with Crippen LogP contribution in [0.2, 0.25) is 0 Å². The number of fused-ring (bicyclic) bond motifs is 4. The molecule has 0 amide bonds. The van der Waals surface area contributed by atoms with E-state index in [9.17, 15) is 24.6 Å². The Morgan fingerprint density at radius 2 is 1.56 bits per heavy atom. The molecule has 0 aromatic carbocycles. The molecule has 3 heterocycles. The van der Waals surface area contributed by atoms with Gasteiger partial charge < -0.3 is 24.4 Å². The lowest BCUT2D eigenvalue weighted by molar-refractivity contribution is -0.171. The molecule has 4 bridgehead atoms. The third kappa shape index (κ3) is 8.11. The molecular weight excluding hydrogens is 591 g/mol. The summed E-state index contributed by atoms with van der Waals surface area (Å²) >= 11 is 14.2.